The van der Waals surface area contributed by atoms with Gasteiger partial charge in [-0.15, -0.1) is 0 Å². The average Bonchev–Trinajstić information content (AvgIpc) is 3.20. The second-order valence-corrected chi connectivity index (χ2v) is 16.7. The van der Waals surface area contributed by atoms with Gasteiger partial charge in [0.1, 0.15) is 6.61 Å². The Hall–Kier alpha value is -2.03. The van der Waals surface area contributed by atoms with E-state index in [1.165, 1.54) is 96.3 Å². The van der Waals surface area contributed by atoms with E-state index in [0.29, 0.717) is 6.42 Å². The van der Waals surface area contributed by atoms with E-state index in [2.05, 4.69) is 62.5 Å². The molecule has 0 saturated heterocycles. The third-order valence-electron chi connectivity index (χ3n) is 9.69. The van der Waals surface area contributed by atoms with Crippen molar-refractivity contribution in [1.29, 1.82) is 0 Å². The van der Waals surface area contributed by atoms with Crippen LogP contribution < -0.4 is 5.73 Å². The van der Waals surface area contributed by atoms with Gasteiger partial charge in [0.15, 0.2) is 6.10 Å². The fraction of sp³-hybridized carbons (Fsp3) is 0.787. The molecule has 0 amide bonds. The Morgan fingerprint density at radius 1 is 0.526 bits per heavy atom. The number of rotatable bonds is 43. The molecule has 9 nitrogen and oxygen atoms in total. The summed E-state index contributed by atoms with van der Waals surface area (Å²) in [5.41, 5.74) is 5.35. The second kappa shape index (κ2) is 43.5. The first-order valence-electron chi connectivity index (χ1n) is 23.1. The SMILES string of the molecule is CCCCCC/C=C\CCCCCCCC(=O)OCC(COP(=O)(O)OCCN)OC(=O)CCCCCCCCCC/C=C\C/C=C\C/C=C\CCCCCCC. The van der Waals surface area contributed by atoms with Gasteiger partial charge in [-0.25, -0.2) is 4.57 Å². The molecule has 2 unspecified atom stereocenters. The van der Waals surface area contributed by atoms with Crippen molar-refractivity contribution in [2.45, 2.75) is 213 Å². The maximum Gasteiger partial charge on any atom is 0.472 e. The minimum absolute atomic E-state index is 0.0497. The number of hydrogen-bond acceptors (Lipinski definition) is 8. The summed E-state index contributed by atoms with van der Waals surface area (Å²) in [6.07, 6.45) is 50.0. The highest BCUT2D eigenvalue weighted by molar-refractivity contribution is 7.47. The normalized spacial score (nSPS) is 13.7. The highest BCUT2D eigenvalue weighted by atomic mass is 31.2. The number of nitrogens with two attached hydrogens (primary N) is 1. The Morgan fingerprint density at radius 2 is 0.912 bits per heavy atom. The number of esters is 2. The van der Waals surface area contributed by atoms with E-state index in [4.69, 9.17) is 24.3 Å². The highest BCUT2D eigenvalue weighted by Crippen LogP contribution is 2.43. The molecule has 2 atom stereocenters. The van der Waals surface area contributed by atoms with Gasteiger partial charge in [-0.1, -0.05) is 165 Å². The van der Waals surface area contributed by atoms with Crippen LogP contribution >= 0.6 is 7.82 Å². The van der Waals surface area contributed by atoms with Crippen molar-refractivity contribution in [1.82, 2.24) is 0 Å². The summed E-state index contributed by atoms with van der Waals surface area (Å²) < 4.78 is 32.8. The molecule has 3 N–H and O–H groups in total. The molecule has 10 heteroatoms. The molecular formula is C47H86NO8P. The van der Waals surface area contributed by atoms with E-state index in [-0.39, 0.29) is 32.6 Å². The maximum absolute atomic E-state index is 12.6. The highest BCUT2D eigenvalue weighted by Gasteiger charge is 2.26. The summed E-state index contributed by atoms with van der Waals surface area (Å²) in [7, 11) is -4.38. The Morgan fingerprint density at radius 3 is 1.39 bits per heavy atom. The van der Waals surface area contributed by atoms with Gasteiger partial charge in [-0.05, 0) is 77.0 Å². The van der Waals surface area contributed by atoms with Crippen LogP contribution in [0.1, 0.15) is 206 Å². The van der Waals surface area contributed by atoms with Gasteiger partial charge in [0.2, 0.25) is 0 Å². The van der Waals surface area contributed by atoms with Crippen LogP contribution in [-0.4, -0.2) is 49.3 Å². The predicted octanol–water partition coefficient (Wildman–Crippen LogP) is 13.5. The van der Waals surface area contributed by atoms with E-state index < -0.39 is 32.5 Å². The number of carbonyl (C=O) groups is 2. The molecule has 57 heavy (non-hydrogen) atoms. The monoisotopic (exact) mass is 824 g/mol. The number of carbonyl (C=O) groups excluding carboxylic acids is 2. The number of phosphoric ester groups is 1. The zero-order valence-electron chi connectivity index (χ0n) is 36.6. The van der Waals surface area contributed by atoms with Gasteiger partial charge >= 0.3 is 19.8 Å². The summed E-state index contributed by atoms with van der Waals surface area (Å²) in [4.78, 5) is 34.9. The van der Waals surface area contributed by atoms with Gasteiger partial charge in [-0.2, -0.15) is 0 Å². The molecular weight excluding hydrogens is 737 g/mol. The summed E-state index contributed by atoms with van der Waals surface area (Å²) >= 11 is 0. The molecule has 0 bridgehead atoms. The minimum Gasteiger partial charge on any atom is -0.462 e. The van der Waals surface area contributed by atoms with E-state index in [9.17, 15) is 19.0 Å². The lowest BCUT2D eigenvalue weighted by atomic mass is 10.1. The van der Waals surface area contributed by atoms with Gasteiger partial charge < -0.3 is 20.1 Å². The first-order valence-corrected chi connectivity index (χ1v) is 24.6. The molecule has 0 spiro atoms. The molecule has 0 aliphatic heterocycles. The molecule has 0 heterocycles. The number of allylic oxidation sites excluding steroid dienone is 8. The lowest BCUT2D eigenvalue weighted by molar-refractivity contribution is -0.161. The molecule has 0 rings (SSSR count). The van der Waals surface area contributed by atoms with Crippen molar-refractivity contribution in [3.05, 3.63) is 48.6 Å². The van der Waals surface area contributed by atoms with Crippen molar-refractivity contribution in [2.24, 2.45) is 5.73 Å². The van der Waals surface area contributed by atoms with Crippen molar-refractivity contribution in [3.8, 4) is 0 Å². The van der Waals surface area contributed by atoms with Gasteiger partial charge in [-0.3, -0.25) is 18.6 Å². The molecule has 0 radical (unpaired) electrons. The molecule has 0 aliphatic rings. The standard InChI is InChI=1S/C47H86NO8P/c1-3-5-7-9-11-13-15-17-18-19-20-21-22-23-24-25-26-28-30-32-34-36-38-40-47(50)56-45(44-55-57(51,52)54-42-41-48)43-53-46(49)39-37-35-33-31-29-27-16-14-12-10-8-6-4-2/h14-17,19-20,22-23,45H,3-13,18,21,24-44,48H2,1-2H3,(H,51,52)/b16-14-,17-15-,20-19-,23-22-. The van der Waals surface area contributed by atoms with Crippen molar-refractivity contribution in [2.75, 3.05) is 26.4 Å². The Labute approximate surface area is 349 Å². The molecule has 0 saturated carbocycles. The summed E-state index contributed by atoms with van der Waals surface area (Å²) in [6, 6.07) is 0. The van der Waals surface area contributed by atoms with Crippen LogP contribution in [0.5, 0.6) is 0 Å². The van der Waals surface area contributed by atoms with E-state index in [1.54, 1.807) is 0 Å². The zero-order chi connectivity index (χ0) is 41.8. The predicted molar refractivity (Wildman–Crippen MR) is 238 cm³/mol. The van der Waals surface area contributed by atoms with Gasteiger partial charge in [0, 0.05) is 19.4 Å². The van der Waals surface area contributed by atoms with Crippen LogP contribution in [0.25, 0.3) is 0 Å². The molecule has 332 valence electrons. The van der Waals surface area contributed by atoms with Crippen LogP contribution in [-0.2, 0) is 32.7 Å². The van der Waals surface area contributed by atoms with Crippen LogP contribution in [0, 0.1) is 0 Å². The zero-order valence-corrected chi connectivity index (χ0v) is 37.5. The molecule has 0 aromatic carbocycles. The minimum atomic E-state index is -4.38. The third kappa shape index (κ3) is 43.4. The number of phosphoric acid groups is 1. The van der Waals surface area contributed by atoms with Gasteiger partial charge in [0.25, 0.3) is 0 Å². The second-order valence-electron chi connectivity index (χ2n) is 15.3. The first kappa shape index (κ1) is 55.0. The number of ether oxygens (including phenoxy) is 2. The molecule has 0 aliphatic carbocycles. The van der Waals surface area contributed by atoms with Gasteiger partial charge in [0.05, 0.1) is 13.2 Å². The van der Waals surface area contributed by atoms with Crippen LogP contribution in [0.15, 0.2) is 48.6 Å². The summed E-state index contributed by atoms with van der Waals surface area (Å²) in [5, 5.41) is 0. The smallest absolute Gasteiger partial charge is 0.462 e. The Balaban J connectivity index is 4.11. The van der Waals surface area contributed by atoms with Crippen LogP contribution in [0.4, 0.5) is 0 Å². The maximum atomic E-state index is 12.6. The quantitative estimate of drug-likeness (QED) is 0.0267. The van der Waals surface area contributed by atoms with Crippen molar-refractivity contribution in [3.63, 3.8) is 0 Å². The lowest BCUT2D eigenvalue weighted by Crippen LogP contribution is -2.29. The summed E-state index contributed by atoms with van der Waals surface area (Å²) in [5.74, 6) is -0.846. The third-order valence-corrected chi connectivity index (χ3v) is 10.7. The number of hydrogen-bond donors (Lipinski definition) is 2. The van der Waals surface area contributed by atoms with Crippen LogP contribution in [0.2, 0.25) is 0 Å². The largest absolute Gasteiger partial charge is 0.472 e. The van der Waals surface area contributed by atoms with Crippen LogP contribution in [0.3, 0.4) is 0 Å². The van der Waals surface area contributed by atoms with E-state index in [0.717, 1.165) is 77.0 Å². The fourth-order valence-corrected chi connectivity index (χ4v) is 6.99. The fourth-order valence-electron chi connectivity index (χ4n) is 6.22. The molecule has 0 aromatic rings. The van der Waals surface area contributed by atoms with Crippen molar-refractivity contribution >= 4 is 19.8 Å². The topological polar surface area (TPSA) is 134 Å². The molecule has 0 fully saturated rings. The number of unbranched alkanes of at least 4 members (excludes halogenated alkanes) is 22. The lowest BCUT2D eigenvalue weighted by Gasteiger charge is -2.19. The van der Waals surface area contributed by atoms with E-state index in [1.807, 2.05) is 0 Å². The van der Waals surface area contributed by atoms with Crippen molar-refractivity contribution < 1.29 is 37.6 Å². The van der Waals surface area contributed by atoms with E-state index >= 15 is 0 Å². The Bertz CT molecular complexity index is 1080. The Kier molecular flexibility index (Phi) is 42.0. The summed E-state index contributed by atoms with van der Waals surface area (Å²) in [6.45, 7) is 3.69. The average molecular weight is 824 g/mol. The molecule has 0 aromatic heterocycles. The first-order chi connectivity index (χ1) is 27.8.